The van der Waals surface area contributed by atoms with Crippen LogP contribution in [0, 0.1) is 19.8 Å². The number of aromatic nitrogens is 2. The molecule has 118 valence electrons. The first-order valence-electron chi connectivity index (χ1n) is 7.87. The fourth-order valence-electron chi connectivity index (χ4n) is 3.70. The van der Waals surface area contributed by atoms with E-state index in [2.05, 4.69) is 16.5 Å². The molecular formula is C16H27N3O2. The average molecular weight is 293 g/mol. The second-order valence-corrected chi connectivity index (χ2v) is 6.60. The predicted molar refractivity (Wildman–Crippen MR) is 82.3 cm³/mol. The number of nitrogens with one attached hydrogen (secondary N) is 1. The van der Waals surface area contributed by atoms with E-state index in [0.29, 0.717) is 0 Å². The van der Waals surface area contributed by atoms with E-state index in [1.165, 1.54) is 0 Å². The summed E-state index contributed by atoms with van der Waals surface area (Å²) in [6, 6.07) is 2.24. The van der Waals surface area contributed by atoms with Gasteiger partial charge in [0.05, 0.1) is 5.69 Å². The molecule has 1 aliphatic carbocycles. The zero-order valence-corrected chi connectivity index (χ0v) is 13.5. The number of carbonyl (C=O) groups is 1. The van der Waals surface area contributed by atoms with Crippen molar-refractivity contribution in [2.75, 3.05) is 0 Å². The molecule has 0 amide bonds. The summed E-state index contributed by atoms with van der Waals surface area (Å²) in [7, 11) is 0. The lowest BCUT2D eigenvalue weighted by molar-refractivity contribution is -0.147. The Morgan fingerprint density at radius 1 is 1.57 bits per heavy atom. The van der Waals surface area contributed by atoms with Crippen molar-refractivity contribution < 1.29 is 9.90 Å². The second kappa shape index (κ2) is 6.18. The predicted octanol–water partition coefficient (Wildman–Crippen LogP) is 2.51. The van der Waals surface area contributed by atoms with Crippen LogP contribution in [0.4, 0.5) is 0 Å². The average Bonchev–Trinajstić information content (AvgIpc) is 2.90. The molecule has 2 unspecified atom stereocenters. The van der Waals surface area contributed by atoms with Crippen LogP contribution in [0.15, 0.2) is 6.07 Å². The van der Waals surface area contributed by atoms with E-state index >= 15 is 0 Å². The van der Waals surface area contributed by atoms with E-state index in [4.69, 9.17) is 0 Å². The van der Waals surface area contributed by atoms with E-state index in [9.17, 15) is 9.90 Å². The summed E-state index contributed by atoms with van der Waals surface area (Å²) in [6.45, 7) is 8.85. The molecule has 1 aliphatic rings. The van der Waals surface area contributed by atoms with Crippen molar-refractivity contribution >= 4 is 5.97 Å². The van der Waals surface area contributed by atoms with Gasteiger partial charge < -0.3 is 5.11 Å². The molecular weight excluding hydrogens is 266 g/mol. The van der Waals surface area contributed by atoms with E-state index in [1.54, 1.807) is 0 Å². The highest BCUT2D eigenvalue weighted by atomic mass is 16.4. The van der Waals surface area contributed by atoms with Gasteiger partial charge in [0.1, 0.15) is 5.54 Å². The van der Waals surface area contributed by atoms with Crippen LogP contribution in [0.5, 0.6) is 0 Å². The molecule has 0 radical (unpaired) electrons. The SMILES string of the molecule is Cc1cc(C)n(CCC2CCCC2(NC(C)C)C(=O)O)n1. The number of aliphatic carboxylic acids is 1. The number of hydrogen-bond donors (Lipinski definition) is 2. The molecule has 0 aliphatic heterocycles. The fraction of sp³-hybridized carbons (Fsp3) is 0.750. The summed E-state index contributed by atoms with van der Waals surface area (Å²) < 4.78 is 2.00. The minimum absolute atomic E-state index is 0.168. The maximum absolute atomic E-state index is 11.9. The van der Waals surface area contributed by atoms with Gasteiger partial charge in [0.25, 0.3) is 0 Å². The zero-order chi connectivity index (χ0) is 15.6. The van der Waals surface area contributed by atoms with Gasteiger partial charge in [-0.2, -0.15) is 5.10 Å². The monoisotopic (exact) mass is 293 g/mol. The maximum atomic E-state index is 11.9. The van der Waals surface area contributed by atoms with Crippen molar-refractivity contribution in [2.45, 2.75) is 71.5 Å². The smallest absolute Gasteiger partial charge is 0.324 e. The molecule has 0 bridgehead atoms. The maximum Gasteiger partial charge on any atom is 0.324 e. The Hall–Kier alpha value is -1.36. The van der Waals surface area contributed by atoms with Crippen LogP contribution in [0.1, 0.15) is 50.9 Å². The molecule has 1 heterocycles. The molecule has 0 aromatic carbocycles. The first kappa shape index (κ1) is 16.0. The molecule has 1 aromatic rings. The van der Waals surface area contributed by atoms with Crippen molar-refractivity contribution in [3.63, 3.8) is 0 Å². The van der Waals surface area contributed by atoms with Gasteiger partial charge in [-0.15, -0.1) is 0 Å². The second-order valence-electron chi connectivity index (χ2n) is 6.60. The Morgan fingerprint density at radius 2 is 2.29 bits per heavy atom. The minimum atomic E-state index is -0.760. The van der Waals surface area contributed by atoms with Gasteiger partial charge in [0.15, 0.2) is 0 Å². The van der Waals surface area contributed by atoms with Gasteiger partial charge >= 0.3 is 5.97 Å². The summed E-state index contributed by atoms with van der Waals surface area (Å²) >= 11 is 0. The lowest BCUT2D eigenvalue weighted by Gasteiger charge is -2.34. The Kier molecular flexibility index (Phi) is 4.71. The molecule has 21 heavy (non-hydrogen) atoms. The van der Waals surface area contributed by atoms with Crippen molar-refractivity contribution in [1.82, 2.24) is 15.1 Å². The van der Waals surface area contributed by atoms with Gasteiger partial charge in [0.2, 0.25) is 0 Å². The van der Waals surface area contributed by atoms with Crippen LogP contribution < -0.4 is 5.32 Å². The van der Waals surface area contributed by atoms with Gasteiger partial charge in [-0.1, -0.05) is 6.42 Å². The number of rotatable bonds is 6. The fourth-order valence-corrected chi connectivity index (χ4v) is 3.70. The number of carboxylic acids is 1. The molecule has 1 saturated carbocycles. The summed E-state index contributed by atoms with van der Waals surface area (Å²) in [5, 5.41) is 17.6. The van der Waals surface area contributed by atoms with Gasteiger partial charge in [-0.3, -0.25) is 14.8 Å². The van der Waals surface area contributed by atoms with Crippen LogP contribution in [0.25, 0.3) is 0 Å². The van der Waals surface area contributed by atoms with Crippen molar-refractivity contribution in [3.8, 4) is 0 Å². The highest BCUT2D eigenvalue weighted by Gasteiger charge is 2.49. The molecule has 0 saturated heterocycles. The topological polar surface area (TPSA) is 67.2 Å². The van der Waals surface area contributed by atoms with Crippen molar-refractivity contribution in [3.05, 3.63) is 17.5 Å². The highest BCUT2D eigenvalue weighted by Crippen LogP contribution is 2.39. The minimum Gasteiger partial charge on any atom is -0.480 e. The molecule has 1 aromatic heterocycles. The van der Waals surface area contributed by atoms with E-state index in [-0.39, 0.29) is 12.0 Å². The van der Waals surface area contributed by atoms with Crippen LogP contribution in [0.3, 0.4) is 0 Å². The lowest BCUT2D eigenvalue weighted by Crippen LogP contribution is -2.57. The van der Waals surface area contributed by atoms with Crippen LogP contribution in [-0.4, -0.2) is 32.4 Å². The largest absolute Gasteiger partial charge is 0.480 e. The summed E-state index contributed by atoms with van der Waals surface area (Å²) in [6.07, 6.45) is 3.54. The first-order chi connectivity index (χ1) is 9.85. The third-order valence-electron chi connectivity index (χ3n) is 4.54. The number of aryl methyl sites for hydroxylation is 3. The molecule has 5 nitrogen and oxygen atoms in total. The summed E-state index contributed by atoms with van der Waals surface area (Å²) in [5.74, 6) is -0.534. The van der Waals surface area contributed by atoms with E-state index in [0.717, 1.165) is 43.6 Å². The summed E-state index contributed by atoms with van der Waals surface area (Å²) in [5.41, 5.74) is 1.40. The standard InChI is InChI=1S/C16H27N3O2/c1-11(2)17-16(15(20)21)8-5-6-14(16)7-9-19-13(4)10-12(3)18-19/h10-11,14,17H,5-9H2,1-4H3,(H,20,21). The molecule has 1 fully saturated rings. The van der Waals surface area contributed by atoms with Crippen molar-refractivity contribution in [2.24, 2.45) is 5.92 Å². The normalized spacial score (nSPS) is 25.7. The van der Waals surface area contributed by atoms with Gasteiger partial charge in [0, 0.05) is 18.3 Å². The molecule has 5 heteroatoms. The lowest BCUT2D eigenvalue weighted by atomic mass is 9.84. The zero-order valence-electron chi connectivity index (χ0n) is 13.5. The molecule has 2 rings (SSSR count). The number of carboxylic acid groups (broad SMARTS) is 1. The molecule has 2 N–H and O–H groups in total. The summed E-state index contributed by atoms with van der Waals surface area (Å²) in [4.78, 5) is 11.9. The molecule has 0 spiro atoms. The van der Waals surface area contributed by atoms with Gasteiger partial charge in [-0.25, -0.2) is 0 Å². The Labute approximate surface area is 126 Å². The Bertz CT molecular complexity index is 510. The van der Waals surface area contributed by atoms with E-state index in [1.807, 2.05) is 32.4 Å². The van der Waals surface area contributed by atoms with E-state index < -0.39 is 11.5 Å². The quantitative estimate of drug-likeness (QED) is 0.845. The third-order valence-corrected chi connectivity index (χ3v) is 4.54. The number of nitrogens with zero attached hydrogens (tertiary/aromatic N) is 2. The first-order valence-corrected chi connectivity index (χ1v) is 7.87. The highest BCUT2D eigenvalue weighted by molar-refractivity contribution is 5.79. The third kappa shape index (κ3) is 3.28. The molecule has 2 atom stereocenters. The number of hydrogen-bond acceptors (Lipinski definition) is 3. The Morgan fingerprint density at radius 3 is 2.81 bits per heavy atom. The van der Waals surface area contributed by atoms with Crippen LogP contribution in [-0.2, 0) is 11.3 Å². The van der Waals surface area contributed by atoms with Crippen LogP contribution in [0.2, 0.25) is 0 Å². The van der Waals surface area contributed by atoms with Crippen molar-refractivity contribution in [1.29, 1.82) is 0 Å². The Balaban J connectivity index is 2.10. The van der Waals surface area contributed by atoms with Gasteiger partial charge in [-0.05, 0) is 58.9 Å². The van der Waals surface area contributed by atoms with Crippen LogP contribution >= 0.6 is 0 Å².